The third-order valence-corrected chi connectivity index (χ3v) is 4.96. The van der Waals surface area contributed by atoms with Gasteiger partial charge in [-0.05, 0) is 47.4 Å². The summed E-state index contributed by atoms with van der Waals surface area (Å²) in [5.74, 6) is -0.797. The Hall–Kier alpha value is -3.23. The smallest absolute Gasteiger partial charge is 0.300 e. The van der Waals surface area contributed by atoms with E-state index in [1.807, 2.05) is 24.3 Å². The number of phenols is 1. The normalized spacial score (nSPS) is 11.4. The number of aliphatic hydroxyl groups excluding tert-OH is 2. The van der Waals surface area contributed by atoms with Gasteiger partial charge in [-0.3, -0.25) is 4.79 Å². The van der Waals surface area contributed by atoms with Crippen LogP contribution in [-0.2, 0) is 35.8 Å². The number of ether oxygens (including phenoxy) is 1. The summed E-state index contributed by atoms with van der Waals surface area (Å²) in [6.07, 6.45) is 0.144. The van der Waals surface area contributed by atoms with Gasteiger partial charge in [0.2, 0.25) is 0 Å². The van der Waals surface area contributed by atoms with Crippen molar-refractivity contribution in [2.45, 2.75) is 39.3 Å². The van der Waals surface area contributed by atoms with Crippen LogP contribution in [0.2, 0.25) is 0 Å². The number of carbonyl (C=O) groups is 1. The van der Waals surface area contributed by atoms with E-state index in [1.165, 1.54) is 11.6 Å². The molecule has 5 N–H and O–H groups in total. The molecule has 3 rings (SSSR count). The highest BCUT2D eigenvalue weighted by molar-refractivity contribution is 5.62. The average Bonchev–Trinajstić information content (AvgIpc) is 2.82. The maximum absolute atomic E-state index is 10.3. The zero-order chi connectivity index (χ0) is 24.8. The van der Waals surface area contributed by atoms with E-state index in [2.05, 4.69) is 35.6 Å². The Morgan fingerprint density at radius 1 is 0.941 bits per heavy atom. The van der Waals surface area contributed by atoms with Crippen LogP contribution in [0.3, 0.4) is 0 Å². The quantitative estimate of drug-likeness (QED) is 0.274. The van der Waals surface area contributed by atoms with Crippen molar-refractivity contribution in [3.8, 4) is 5.75 Å². The van der Waals surface area contributed by atoms with E-state index in [9.17, 15) is 15.3 Å². The van der Waals surface area contributed by atoms with Crippen molar-refractivity contribution < 1.29 is 30.0 Å². The molecular weight excluding hydrogens is 434 g/mol. The van der Waals surface area contributed by atoms with Gasteiger partial charge in [0.05, 0.1) is 25.9 Å². The van der Waals surface area contributed by atoms with Crippen LogP contribution >= 0.6 is 0 Å². The fourth-order valence-electron chi connectivity index (χ4n) is 3.26. The number of aliphatic carboxylic acids is 1. The molecule has 0 aliphatic rings. The van der Waals surface area contributed by atoms with Crippen molar-refractivity contribution in [3.05, 3.63) is 101 Å². The number of aromatic hydroxyl groups is 1. The van der Waals surface area contributed by atoms with Gasteiger partial charge in [-0.2, -0.15) is 0 Å². The minimum Gasteiger partial charge on any atom is -0.508 e. The fraction of sp³-hybridized carbons (Fsp3) is 0.296. The van der Waals surface area contributed by atoms with Gasteiger partial charge in [0.1, 0.15) is 5.75 Å². The maximum Gasteiger partial charge on any atom is 0.300 e. The molecule has 0 aliphatic carbocycles. The molecule has 0 saturated carbocycles. The molecule has 0 spiro atoms. The van der Waals surface area contributed by atoms with E-state index in [0.717, 1.165) is 31.0 Å². The number of rotatable bonds is 11. The molecule has 0 amide bonds. The Bertz CT molecular complexity index is 1010. The Morgan fingerprint density at radius 2 is 1.59 bits per heavy atom. The molecule has 7 nitrogen and oxygen atoms in total. The number of carboxylic acid groups (broad SMARTS) is 1. The number of hydrogen-bond donors (Lipinski definition) is 5. The first-order valence-electron chi connectivity index (χ1n) is 11.1. The highest BCUT2D eigenvalue weighted by Crippen LogP contribution is 2.22. The summed E-state index contributed by atoms with van der Waals surface area (Å²) < 4.78 is 5.81. The number of hydrogen-bond acceptors (Lipinski definition) is 6. The molecule has 34 heavy (non-hydrogen) atoms. The SMILES string of the molecule is CC(=O)O.OCc1cc([C@@H](O)CNCCc2cccc(COCc3ccccc3)c2)ccc1O. The van der Waals surface area contributed by atoms with Crippen LogP contribution in [0.25, 0.3) is 0 Å². The summed E-state index contributed by atoms with van der Waals surface area (Å²) in [5.41, 5.74) is 4.60. The van der Waals surface area contributed by atoms with Crippen LogP contribution in [0.5, 0.6) is 5.75 Å². The molecule has 0 heterocycles. The molecule has 7 heteroatoms. The van der Waals surface area contributed by atoms with Crippen molar-refractivity contribution in [1.82, 2.24) is 5.32 Å². The molecule has 0 bridgehead atoms. The standard InChI is InChI=1S/C25H29NO4.C2H4O2/c27-16-23-14-22(9-10-24(23)28)25(29)15-26-12-11-19-7-4-8-21(13-19)18-30-17-20-5-2-1-3-6-20;1-2(3)4/h1-10,13-14,25-29H,11-12,15-18H2;1H3,(H,3,4)/t25-;/m0./s1. The molecule has 182 valence electrons. The van der Waals surface area contributed by atoms with E-state index in [-0.39, 0.29) is 12.4 Å². The van der Waals surface area contributed by atoms with Gasteiger partial charge >= 0.3 is 0 Å². The molecule has 0 aliphatic heterocycles. The van der Waals surface area contributed by atoms with Crippen molar-refractivity contribution in [2.24, 2.45) is 0 Å². The van der Waals surface area contributed by atoms with Gasteiger partial charge < -0.3 is 30.5 Å². The van der Waals surface area contributed by atoms with Crippen LogP contribution < -0.4 is 5.32 Å². The lowest BCUT2D eigenvalue weighted by atomic mass is 10.0. The van der Waals surface area contributed by atoms with E-state index in [1.54, 1.807) is 12.1 Å². The minimum absolute atomic E-state index is 0.0361. The highest BCUT2D eigenvalue weighted by atomic mass is 16.5. The maximum atomic E-state index is 10.3. The largest absolute Gasteiger partial charge is 0.508 e. The average molecular weight is 468 g/mol. The Morgan fingerprint density at radius 3 is 2.29 bits per heavy atom. The summed E-state index contributed by atoms with van der Waals surface area (Å²) in [4.78, 5) is 9.00. The zero-order valence-corrected chi connectivity index (χ0v) is 19.4. The Labute approximate surface area is 200 Å². The second kappa shape index (κ2) is 14.8. The van der Waals surface area contributed by atoms with E-state index >= 15 is 0 Å². The lowest BCUT2D eigenvalue weighted by Crippen LogP contribution is -2.23. The first kappa shape index (κ1) is 27.0. The summed E-state index contributed by atoms with van der Waals surface area (Å²) in [6, 6.07) is 23.3. The Kier molecular flexibility index (Phi) is 11.8. The van der Waals surface area contributed by atoms with Crippen LogP contribution in [0, 0.1) is 0 Å². The first-order valence-corrected chi connectivity index (χ1v) is 11.1. The number of benzene rings is 3. The van der Waals surface area contributed by atoms with Crippen LogP contribution in [0.4, 0.5) is 0 Å². The lowest BCUT2D eigenvalue weighted by Gasteiger charge is -2.14. The van der Waals surface area contributed by atoms with Crippen LogP contribution in [0.1, 0.15) is 40.8 Å². The van der Waals surface area contributed by atoms with Gasteiger partial charge in [-0.15, -0.1) is 0 Å². The zero-order valence-electron chi connectivity index (χ0n) is 19.4. The highest BCUT2D eigenvalue weighted by Gasteiger charge is 2.10. The molecule has 0 fully saturated rings. The van der Waals surface area contributed by atoms with E-state index < -0.39 is 12.1 Å². The molecular formula is C27H33NO6. The third-order valence-electron chi connectivity index (χ3n) is 4.96. The van der Waals surface area contributed by atoms with Crippen LogP contribution in [0.15, 0.2) is 72.8 Å². The first-order chi connectivity index (χ1) is 16.4. The van der Waals surface area contributed by atoms with Crippen molar-refractivity contribution in [2.75, 3.05) is 13.1 Å². The number of aliphatic hydroxyl groups is 2. The van der Waals surface area contributed by atoms with Crippen LogP contribution in [-0.4, -0.2) is 39.5 Å². The molecule has 1 atom stereocenters. The molecule has 3 aromatic rings. The second-order valence-electron chi connectivity index (χ2n) is 7.83. The molecule has 0 radical (unpaired) electrons. The molecule has 0 unspecified atom stereocenters. The lowest BCUT2D eigenvalue weighted by molar-refractivity contribution is -0.134. The number of carboxylic acids is 1. The minimum atomic E-state index is -0.833. The van der Waals surface area contributed by atoms with Crippen molar-refractivity contribution in [3.63, 3.8) is 0 Å². The van der Waals surface area contributed by atoms with E-state index in [4.69, 9.17) is 14.6 Å². The third kappa shape index (κ3) is 10.1. The Balaban J connectivity index is 0.000000945. The summed E-state index contributed by atoms with van der Waals surface area (Å²) in [7, 11) is 0. The fourth-order valence-corrected chi connectivity index (χ4v) is 3.26. The molecule has 0 aromatic heterocycles. The van der Waals surface area contributed by atoms with Gasteiger partial charge in [-0.1, -0.05) is 60.7 Å². The van der Waals surface area contributed by atoms with Crippen molar-refractivity contribution in [1.29, 1.82) is 0 Å². The summed E-state index contributed by atoms with van der Waals surface area (Å²) >= 11 is 0. The van der Waals surface area contributed by atoms with Gasteiger partial charge in [0, 0.05) is 19.0 Å². The van der Waals surface area contributed by atoms with Gasteiger partial charge in [0.25, 0.3) is 5.97 Å². The molecule has 3 aromatic carbocycles. The predicted octanol–water partition coefficient (Wildman–Crippen LogP) is 3.56. The van der Waals surface area contributed by atoms with Gasteiger partial charge in [-0.25, -0.2) is 0 Å². The number of nitrogens with one attached hydrogen (secondary N) is 1. The summed E-state index contributed by atoms with van der Waals surface area (Å²) in [6.45, 7) is 3.12. The van der Waals surface area contributed by atoms with Gasteiger partial charge in [0.15, 0.2) is 0 Å². The second-order valence-corrected chi connectivity index (χ2v) is 7.83. The predicted molar refractivity (Wildman–Crippen MR) is 130 cm³/mol. The summed E-state index contributed by atoms with van der Waals surface area (Å²) in [5, 5.41) is 39.9. The molecule has 0 saturated heterocycles. The monoisotopic (exact) mass is 467 g/mol. The van der Waals surface area contributed by atoms with E-state index in [0.29, 0.717) is 30.9 Å². The topological polar surface area (TPSA) is 119 Å². The van der Waals surface area contributed by atoms with Crippen molar-refractivity contribution >= 4 is 5.97 Å².